The molecule has 0 atom stereocenters. The van der Waals surface area contributed by atoms with E-state index in [9.17, 15) is 4.79 Å². The van der Waals surface area contributed by atoms with Crippen LogP contribution in [0.5, 0.6) is 0 Å². The number of esters is 1. The smallest absolute Gasteiger partial charge is 0.338 e. The second kappa shape index (κ2) is 8.18. The highest BCUT2D eigenvalue weighted by atomic mass is 16.5. The summed E-state index contributed by atoms with van der Waals surface area (Å²) in [5.74, 6) is 0.532. The van der Waals surface area contributed by atoms with Crippen LogP contribution >= 0.6 is 0 Å². The SMILES string of the molecule is O=C1OCc2cc(CCN3CCc4nc(-c5ccc(-[n+]6cnn[nH]6)cc5)ncc4C3)ccc21. The van der Waals surface area contributed by atoms with Crippen LogP contribution in [0.15, 0.2) is 55.0 Å². The van der Waals surface area contributed by atoms with E-state index in [1.165, 1.54) is 11.1 Å². The maximum Gasteiger partial charge on any atom is 0.338 e. The minimum Gasteiger partial charge on any atom is -0.457 e. The number of aromatic nitrogens is 6. The van der Waals surface area contributed by atoms with Crippen molar-refractivity contribution < 1.29 is 14.2 Å². The van der Waals surface area contributed by atoms with Crippen LogP contribution in [0, 0.1) is 0 Å². The third kappa shape index (κ3) is 3.87. The van der Waals surface area contributed by atoms with Crippen molar-refractivity contribution in [2.75, 3.05) is 13.1 Å². The second-order valence-corrected chi connectivity index (χ2v) is 8.36. The Balaban J connectivity index is 1.11. The summed E-state index contributed by atoms with van der Waals surface area (Å²) in [5, 5.41) is 10.3. The third-order valence-electron chi connectivity index (χ3n) is 6.26. The van der Waals surface area contributed by atoms with Crippen molar-refractivity contribution in [3.8, 4) is 17.1 Å². The normalized spacial score (nSPS) is 15.2. The molecule has 4 heterocycles. The van der Waals surface area contributed by atoms with Gasteiger partial charge in [-0.2, -0.15) is 0 Å². The standard InChI is InChI=1S/C24H21N7O2/c32-24-21-6-1-16(11-18(21)14-33-24)7-9-30-10-8-22-19(13-30)12-25-23(27-22)17-2-4-20(5-3-17)31-15-26-28-29-31/h1-6,11-12,15H,7-10,13-14H2/p+1. The van der Waals surface area contributed by atoms with Crippen LogP contribution < -0.4 is 4.68 Å². The van der Waals surface area contributed by atoms with Gasteiger partial charge in [0.1, 0.15) is 17.4 Å². The molecule has 0 unspecified atom stereocenters. The molecule has 2 aliphatic rings. The number of rotatable bonds is 5. The molecule has 1 N–H and O–H groups in total. The lowest BCUT2D eigenvalue weighted by Crippen LogP contribution is -2.33. The van der Waals surface area contributed by atoms with Gasteiger partial charge in [0.2, 0.25) is 0 Å². The number of H-pyrrole nitrogens is 1. The summed E-state index contributed by atoms with van der Waals surface area (Å²) in [6, 6.07) is 14.0. The summed E-state index contributed by atoms with van der Waals surface area (Å²) in [5.41, 5.74) is 7.17. The molecule has 33 heavy (non-hydrogen) atoms. The first-order chi connectivity index (χ1) is 16.2. The fraction of sp³-hybridized carbons (Fsp3) is 0.250. The maximum absolute atomic E-state index is 11.6. The lowest BCUT2D eigenvalue weighted by molar-refractivity contribution is -0.660. The van der Waals surface area contributed by atoms with E-state index in [1.807, 2.05) is 42.6 Å². The highest BCUT2D eigenvalue weighted by molar-refractivity contribution is 5.93. The first kappa shape index (κ1) is 19.7. The Hall–Kier alpha value is -3.98. The average molecular weight is 440 g/mol. The largest absolute Gasteiger partial charge is 0.457 e. The van der Waals surface area contributed by atoms with Crippen LogP contribution in [0.2, 0.25) is 0 Å². The lowest BCUT2D eigenvalue weighted by Gasteiger charge is -2.28. The Bertz CT molecular complexity index is 1320. The molecule has 9 nitrogen and oxygen atoms in total. The number of cyclic esters (lactones) is 1. The zero-order chi connectivity index (χ0) is 22.2. The molecule has 2 aliphatic heterocycles. The summed E-state index contributed by atoms with van der Waals surface area (Å²) < 4.78 is 6.84. The first-order valence-corrected chi connectivity index (χ1v) is 11.0. The highest BCUT2D eigenvalue weighted by Crippen LogP contribution is 2.23. The van der Waals surface area contributed by atoms with Crippen molar-refractivity contribution in [2.24, 2.45) is 0 Å². The first-order valence-electron chi connectivity index (χ1n) is 11.0. The molecule has 6 rings (SSSR count). The zero-order valence-corrected chi connectivity index (χ0v) is 17.9. The molecule has 0 bridgehead atoms. The van der Waals surface area contributed by atoms with E-state index in [2.05, 4.69) is 31.5 Å². The van der Waals surface area contributed by atoms with Gasteiger partial charge in [0.25, 0.3) is 6.33 Å². The Morgan fingerprint density at radius 3 is 2.88 bits per heavy atom. The number of benzene rings is 2. The van der Waals surface area contributed by atoms with Crippen molar-refractivity contribution in [3.63, 3.8) is 0 Å². The van der Waals surface area contributed by atoms with Crippen LogP contribution in [0.1, 0.15) is 32.7 Å². The minimum absolute atomic E-state index is 0.214. The van der Waals surface area contributed by atoms with Gasteiger partial charge in [-0.05, 0) is 42.3 Å². The van der Waals surface area contributed by atoms with E-state index in [0.717, 1.165) is 60.8 Å². The van der Waals surface area contributed by atoms with Crippen LogP contribution in [0.25, 0.3) is 17.1 Å². The fourth-order valence-corrected chi connectivity index (χ4v) is 4.41. The van der Waals surface area contributed by atoms with Crippen molar-refractivity contribution in [1.82, 2.24) is 30.4 Å². The number of hydrogen-bond donors (Lipinski definition) is 1. The van der Waals surface area contributed by atoms with E-state index in [0.29, 0.717) is 12.2 Å². The van der Waals surface area contributed by atoms with E-state index in [1.54, 1.807) is 11.0 Å². The van der Waals surface area contributed by atoms with Gasteiger partial charge in [-0.1, -0.05) is 17.3 Å². The summed E-state index contributed by atoms with van der Waals surface area (Å²) in [7, 11) is 0. The molecule has 0 saturated heterocycles. The molecular weight excluding hydrogens is 418 g/mol. The predicted molar refractivity (Wildman–Crippen MR) is 117 cm³/mol. The fourth-order valence-electron chi connectivity index (χ4n) is 4.41. The molecule has 0 saturated carbocycles. The van der Waals surface area contributed by atoms with Gasteiger partial charge in [-0.3, -0.25) is 4.90 Å². The number of aromatic amines is 1. The Morgan fingerprint density at radius 2 is 2.03 bits per heavy atom. The molecule has 0 radical (unpaired) electrons. The van der Waals surface area contributed by atoms with Gasteiger partial charge >= 0.3 is 5.97 Å². The number of hydrogen-bond acceptors (Lipinski definition) is 7. The number of nitrogens with one attached hydrogen (secondary N) is 1. The Labute approximate surface area is 190 Å². The molecule has 9 heteroatoms. The number of carbonyl (C=O) groups excluding carboxylic acids is 1. The van der Waals surface area contributed by atoms with Crippen LogP contribution in [0.4, 0.5) is 0 Å². The molecule has 0 spiro atoms. The van der Waals surface area contributed by atoms with E-state index in [4.69, 9.17) is 9.72 Å². The van der Waals surface area contributed by atoms with Gasteiger partial charge in [-0.25, -0.2) is 14.8 Å². The number of nitrogens with zero attached hydrogens (tertiary/aromatic N) is 6. The average Bonchev–Trinajstić information content (AvgIpc) is 3.53. The lowest BCUT2D eigenvalue weighted by atomic mass is 10.0. The van der Waals surface area contributed by atoms with E-state index < -0.39 is 0 Å². The van der Waals surface area contributed by atoms with Gasteiger partial charge in [0.05, 0.1) is 11.3 Å². The van der Waals surface area contributed by atoms with Crippen molar-refractivity contribution in [3.05, 3.63) is 82.9 Å². The summed E-state index contributed by atoms with van der Waals surface area (Å²) in [6.45, 7) is 3.17. The molecule has 4 aromatic rings. The summed E-state index contributed by atoms with van der Waals surface area (Å²) in [4.78, 5) is 23.5. The van der Waals surface area contributed by atoms with Crippen molar-refractivity contribution in [1.29, 1.82) is 0 Å². The molecule has 0 fully saturated rings. The van der Waals surface area contributed by atoms with Crippen LogP contribution in [-0.2, 0) is 30.7 Å². The minimum atomic E-state index is -0.214. The number of ether oxygens (including phenoxy) is 1. The van der Waals surface area contributed by atoms with Gasteiger partial charge < -0.3 is 4.74 Å². The van der Waals surface area contributed by atoms with Crippen LogP contribution in [0.3, 0.4) is 0 Å². The molecule has 2 aromatic carbocycles. The van der Waals surface area contributed by atoms with Gasteiger partial charge in [-0.15, -0.1) is 4.68 Å². The molecule has 2 aromatic heterocycles. The maximum atomic E-state index is 11.6. The van der Waals surface area contributed by atoms with Crippen molar-refractivity contribution in [2.45, 2.75) is 26.0 Å². The molecule has 164 valence electrons. The van der Waals surface area contributed by atoms with Gasteiger partial charge in [0, 0.05) is 48.9 Å². The van der Waals surface area contributed by atoms with E-state index in [-0.39, 0.29) is 5.97 Å². The zero-order valence-electron chi connectivity index (χ0n) is 17.9. The Morgan fingerprint density at radius 1 is 1.12 bits per heavy atom. The second-order valence-electron chi connectivity index (χ2n) is 8.36. The molecule has 0 aliphatic carbocycles. The van der Waals surface area contributed by atoms with Crippen molar-refractivity contribution >= 4 is 5.97 Å². The quantitative estimate of drug-likeness (QED) is 0.373. The molecule has 0 amide bonds. The summed E-state index contributed by atoms with van der Waals surface area (Å²) >= 11 is 0. The predicted octanol–water partition coefficient (Wildman–Crippen LogP) is 1.81. The van der Waals surface area contributed by atoms with E-state index >= 15 is 0 Å². The third-order valence-corrected chi connectivity index (χ3v) is 6.26. The monoisotopic (exact) mass is 440 g/mol. The van der Waals surface area contributed by atoms with Gasteiger partial charge in [0.15, 0.2) is 11.0 Å². The number of tetrazole rings is 1. The number of fused-ring (bicyclic) bond motifs is 2. The molecular formula is C24H22N7O2+. The highest BCUT2D eigenvalue weighted by Gasteiger charge is 2.22. The number of carbonyl (C=O) groups is 1. The topological polar surface area (TPSA) is 101 Å². The Kier molecular flexibility index (Phi) is 4.88. The summed E-state index contributed by atoms with van der Waals surface area (Å²) in [6.07, 6.45) is 5.43. The van der Waals surface area contributed by atoms with Crippen LogP contribution in [-0.4, -0.2) is 49.5 Å².